The van der Waals surface area contributed by atoms with Crippen molar-refractivity contribution in [1.82, 2.24) is 20.2 Å². The normalized spacial score (nSPS) is 32.9. The molecule has 3 aliphatic heterocycles. The van der Waals surface area contributed by atoms with Gasteiger partial charge in [-0.15, -0.1) is 0 Å². The highest BCUT2D eigenvalue weighted by Gasteiger charge is 2.62. The molecule has 1 spiro atoms. The molecule has 2 bridgehead atoms. The van der Waals surface area contributed by atoms with Gasteiger partial charge >= 0.3 is 0 Å². The Hall–Kier alpha value is -1.66. The van der Waals surface area contributed by atoms with Gasteiger partial charge in [-0.2, -0.15) is 0 Å². The first-order valence-electron chi connectivity index (χ1n) is 10.4. The lowest BCUT2D eigenvalue weighted by Crippen LogP contribution is -2.42. The van der Waals surface area contributed by atoms with Crippen molar-refractivity contribution < 1.29 is 9.53 Å². The van der Waals surface area contributed by atoms with E-state index in [0.29, 0.717) is 30.2 Å². The van der Waals surface area contributed by atoms with Crippen LogP contribution < -0.4 is 5.32 Å². The van der Waals surface area contributed by atoms with Crippen LogP contribution >= 0.6 is 0 Å². The zero-order chi connectivity index (χ0) is 19.0. The van der Waals surface area contributed by atoms with Gasteiger partial charge in [0.25, 0.3) is 5.91 Å². The molecular formula is C21H32N4O2. The van der Waals surface area contributed by atoms with Gasteiger partial charge in [-0.05, 0) is 39.5 Å². The SMILES string of the molecule is CC/C(C)=C/CCN1C[C@@H]2[C@H](CNC(=O)c3cnc(C)[nH]3)[C@H]3CC[C@]2(C1)O3. The van der Waals surface area contributed by atoms with Gasteiger partial charge in [0.1, 0.15) is 11.5 Å². The van der Waals surface area contributed by atoms with E-state index in [-0.39, 0.29) is 11.5 Å². The standard InChI is InChI=1S/C21H32N4O2/c1-4-14(2)6-5-9-25-12-17-16(19-7-8-21(17,13-25)27-19)10-23-20(26)18-11-22-15(3)24-18/h6,11,16-17,19H,4-5,7-10,12-13H2,1-3H3,(H,22,24)(H,23,26)/b14-6+/t16-,17+,19+,21+/m0/s1. The average molecular weight is 373 g/mol. The van der Waals surface area contributed by atoms with E-state index in [1.54, 1.807) is 6.20 Å². The molecule has 0 aliphatic carbocycles. The third-order valence-electron chi connectivity index (χ3n) is 6.80. The second-order valence-corrected chi connectivity index (χ2v) is 8.55. The molecule has 1 aromatic heterocycles. The van der Waals surface area contributed by atoms with Crippen LogP contribution in [0.2, 0.25) is 0 Å². The van der Waals surface area contributed by atoms with Crippen LogP contribution in [0.5, 0.6) is 0 Å². The maximum atomic E-state index is 12.4. The number of aromatic nitrogens is 2. The Morgan fingerprint density at radius 3 is 3.15 bits per heavy atom. The van der Waals surface area contributed by atoms with E-state index in [1.807, 2.05) is 6.92 Å². The Balaban J connectivity index is 1.34. The molecule has 0 aromatic carbocycles. The number of fused-ring (bicyclic) bond motifs is 1. The van der Waals surface area contributed by atoms with Crippen molar-refractivity contribution in [2.75, 3.05) is 26.2 Å². The fourth-order valence-electron chi connectivity index (χ4n) is 5.21. The zero-order valence-corrected chi connectivity index (χ0v) is 16.8. The van der Waals surface area contributed by atoms with Crippen LogP contribution in [0.3, 0.4) is 0 Å². The summed E-state index contributed by atoms with van der Waals surface area (Å²) in [5.41, 5.74) is 2.05. The summed E-state index contributed by atoms with van der Waals surface area (Å²) in [7, 11) is 0. The summed E-state index contributed by atoms with van der Waals surface area (Å²) in [6, 6.07) is 0. The number of aryl methyl sites for hydroxylation is 1. The molecule has 1 amide bonds. The van der Waals surface area contributed by atoms with Crippen LogP contribution in [-0.2, 0) is 4.74 Å². The summed E-state index contributed by atoms with van der Waals surface area (Å²) in [5.74, 6) is 1.66. The van der Waals surface area contributed by atoms with Crippen molar-refractivity contribution in [2.24, 2.45) is 11.8 Å². The van der Waals surface area contributed by atoms with Crippen molar-refractivity contribution in [3.8, 4) is 0 Å². The predicted molar refractivity (Wildman–Crippen MR) is 105 cm³/mol. The Morgan fingerprint density at radius 2 is 2.41 bits per heavy atom. The summed E-state index contributed by atoms with van der Waals surface area (Å²) >= 11 is 0. The number of H-pyrrole nitrogens is 1. The van der Waals surface area contributed by atoms with Gasteiger partial charge in [0.05, 0.1) is 17.9 Å². The summed E-state index contributed by atoms with van der Waals surface area (Å²) in [6.07, 6.45) is 8.83. The van der Waals surface area contributed by atoms with E-state index in [2.05, 4.69) is 40.1 Å². The van der Waals surface area contributed by atoms with Crippen LogP contribution in [0, 0.1) is 18.8 Å². The van der Waals surface area contributed by atoms with Crippen molar-refractivity contribution >= 4 is 5.91 Å². The van der Waals surface area contributed by atoms with Gasteiger partial charge in [-0.1, -0.05) is 18.6 Å². The van der Waals surface area contributed by atoms with Crippen molar-refractivity contribution in [3.63, 3.8) is 0 Å². The number of nitrogens with one attached hydrogen (secondary N) is 2. The number of likely N-dealkylation sites (tertiary alicyclic amines) is 1. The van der Waals surface area contributed by atoms with E-state index in [9.17, 15) is 4.79 Å². The largest absolute Gasteiger partial charge is 0.370 e. The van der Waals surface area contributed by atoms with Gasteiger partial charge in [0.15, 0.2) is 0 Å². The number of hydrogen-bond donors (Lipinski definition) is 2. The monoisotopic (exact) mass is 372 g/mol. The summed E-state index contributed by atoms with van der Waals surface area (Å²) in [5, 5.41) is 3.11. The van der Waals surface area contributed by atoms with E-state index >= 15 is 0 Å². The highest BCUT2D eigenvalue weighted by molar-refractivity contribution is 5.92. The van der Waals surface area contributed by atoms with Crippen LogP contribution in [-0.4, -0.2) is 58.7 Å². The second kappa shape index (κ2) is 7.40. The highest BCUT2D eigenvalue weighted by atomic mass is 16.5. The Bertz CT molecular complexity index is 728. The van der Waals surface area contributed by atoms with Gasteiger partial charge in [0, 0.05) is 38.0 Å². The molecule has 0 saturated carbocycles. The molecule has 0 unspecified atom stereocenters. The third kappa shape index (κ3) is 3.57. The molecule has 4 heterocycles. The summed E-state index contributed by atoms with van der Waals surface area (Å²) in [4.78, 5) is 22.1. The maximum absolute atomic E-state index is 12.4. The number of ether oxygens (including phenoxy) is 1. The van der Waals surface area contributed by atoms with Gasteiger partial charge in [-0.25, -0.2) is 4.98 Å². The number of carbonyl (C=O) groups is 1. The third-order valence-corrected chi connectivity index (χ3v) is 6.80. The minimum atomic E-state index is -0.0672. The topological polar surface area (TPSA) is 70.2 Å². The quantitative estimate of drug-likeness (QED) is 0.722. The fourth-order valence-corrected chi connectivity index (χ4v) is 5.21. The molecule has 4 rings (SSSR count). The van der Waals surface area contributed by atoms with Gasteiger partial charge in [0.2, 0.25) is 0 Å². The van der Waals surface area contributed by atoms with Crippen LogP contribution in [0.25, 0.3) is 0 Å². The number of rotatable bonds is 7. The molecule has 1 aromatic rings. The number of hydrogen-bond acceptors (Lipinski definition) is 4. The van der Waals surface area contributed by atoms with Crippen LogP contribution in [0.4, 0.5) is 0 Å². The molecule has 4 atom stereocenters. The summed E-state index contributed by atoms with van der Waals surface area (Å²) in [6.45, 7) is 10.2. The lowest BCUT2D eigenvalue weighted by molar-refractivity contribution is 0.00290. The number of aromatic amines is 1. The number of amides is 1. The molecular weight excluding hydrogens is 340 g/mol. The predicted octanol–water partition coefficient (Wildman–Crippen LogP) is 2.67. The fraction of sp³-hybridized carbons (Fsp3) is 0.714. The van der Waals surface area contributed by atoms with Crippen LogP contribution in [0.15, 0.2) is 17.8 Å². The molecule has 3 saturated heterocycles. The lowest BCUT2D eigenvalue weighted by atomic mass is 9.73. The maximum Gasteiger partial charge on any atom is 0.269 e. The summed E-state index contributed by atoms with van der Waals surface area (Å²) < 4.78 is 6.49. The van der Waals surface area contributed by atoms with Crippen molar-refractivity contribution in [1.29, 1.82) is 0 Å². The molecule has 148 valence electrons. The average Bonchev–Trinajstić information content (AvgIpc) is 3.39. The molecule has 2 N–H and O–H groups in total. The van der Waals surface area contributed by atoms with Gasteiger partial charge < -0.3 is 15.0 Å². The Labute approximate surface area is 161 Å². The van der Waals surface area contributed by atoms with E-state index < -0.39 is 0 Å². The van der Waals surface area contributed by atoms with E-state index in [1.165, 1.54) is 12.0 Å². The molecule has 3 fully saturated rings. The zero-order valence-electron chi connectivity index (χ0n) is 16.8. The minimum absolute atomic E-state index is 0.0359. The number of imidazole rings is 1. The van der Waals surface area contributed by atoms with E-state index in [0.717, 1.165) is 44.7 Å². The highest BCUT2D eigenvalue weighted by Crippen LogP contribution is 2.54. The molecule has 3 aliphatic rings. The second-order valence-electron chi connectivity index (χ2n) is 8.55. The number of allylic oxidation sites excluding steroid dienone is 1. The smallest absolute Gasteiger partial charge is 0.269 e. The first kappa shape index (κ1) is 18.7. The molecule has 27 heavy (non-hydrogen) atoms. The lowest BCUT2D eigenvalue weighted by Gasteiger charge is -2.29. The number of carbonyl (C=O) groups excluding carboxylic acids is 1. The van der Waals surface area contributed by atoms with E-state index in [4.69, 9.17) is 4.74 Å². The van der Waals surface area contributed by atoms with Crippen molar-refractivity contribution in [2.45, 2.75) is 58.2 Å². The molecule has 6 heteroatoms. The molecule has 0 radical (unpaired) electrons. The van der Waals surface area contributed by atoms with Crippen LogP contribution in [0.1, 0.15) is 55.8 Å². The van der Waals surface area contributed by atoms with Crippen molar-refractivity contribution in [3.05, 3.63) is 29.4 Å². The Morgan fingerprint density at radius 1 is 1.56 bits per heavy atom. The minimum Gasteiger partial charge on any atom is -0.370 e. The Kier molecular flexibility index (Phi) is 5.12. The first-order valence-corrected chi connectivity index (χ1v) is 10.4. The van der Waals surface area contributed by atoms with Gasteiger partial charge in [-0.3, -0.25) is 9.69 Å². The molecule has 6 nitrogen and oxygen atoms in total. The number of nitrogens with zero attached hydrogens (tertiary/aromatic N) is 2. The first-order chi connectivity index (χ1) is 13.0.